The minimum atomic E-state index is -5.08. The number of aliphatic carboxylic acids is 2. The molecule has 10 nitrogen and oxygen atoms in total. The Morgan fingerprint density at radius 3 is 2.18 bits per heavy atom. The molecule has 2 aliphatic heterocycles. The number of anilines is 1. The fourth-order valence-corrected chi connectivity index (χ4v) is 3.86. The van der Waals surface area contributed by atoms with Gasteiger partial charge in [0.2, 0.25) is 0 Å². The van der Waals surface area contributed by atoms with Crippen molar-refractivity contribution >= 4 is 17.8 Å². The van der Waals surface area contributed by atoms with Crippen molar-refractivity contribution in [3.05, 3.63) is 48.4 Å². The summed E-state index contributed by atoms with van der Waals surface area (Å²) >= 11 is 0. The molecule has 3 N–H and O–H groups in total. The number of ether oxygens (including phenoxy) is 2. The Labute approximate surface area is 218 Å². The van der Waals surface area contributed by atoms with Crippen LogP contribution in [0.2, 0.25) is 0 Å². The van der Waals surface area contributed by atoms with Crippen molar-refractivity contribution < 1.29 is 55.6 Å². The fraction of sp³-hybridized carbons (Fsp3) is 0.478. The van der Waals surface area contributed by atoms with Crippen LogP contribution in [0.4, 0.5) is 32.2 Å². The highest BCUT2D eigenvalue weighted by molar-refractivity contribution is 5.73. The summed E-state index contributed by atoms with van der Waals surface area (Å²) in [6.07, 6.45) is -2.91. The third-order valence-electron chi connectivity index (χ3n) is 5.57. The van der Waals surface area contributed by atoms with Crippen LogP contribution < -0.4 is 10.1 Å². The molecule has 0 amide bonds. The number of nitrogens with one attached hydrogen (secondary N) is 1. The lowest BCUT2D eigenvalue weighted by Crippen LogP contribution is -2.33. The van der Waals surface area contributed by atoms with Crippen LogP contribution in [-0.2, 0) is 20.9 Å². The highest BCUT2D eigenvalue weighted by atomic mass is 19.4. The maximum absolute atomic E-state index is 10.6. The number of halogens is 6. The number of likely N-dealkylation sites (tertiary alicyclic amines) is 1. The third kappa shape index (κ3) is 10.6. The van der Waals surface area contributed by atoms with Gasteiger partial charge in [0, 0.05) is 38.4 Å². The van der Waals surface area contributed by atoms with Gasteiger partial charge in [-0.15, -0.1) is 0 Å². The molecule has 2 saturated heterocycles. The third-order valence-corrected chi connectivity index (χ3v) is 5.57. The number of aromatic nitrogens is 2. The van der Waals surface area contributed by atoms with Crippen LogP contribution in [0.25, 0.3) is 0 Å². The van der Waals surface area contributed by atoms with E-state index < -0.39 is 24.3 Å². The molecule has 0 radical (unpaired) electrons. The van der Waals surface area contributed by atoms with Crippen molar-refractivity contribution in [2.45, 2.75) is 43.4 Å². The summed E-state index contributed by atoms with van der Waals surface area (Å²) in [5.41, 5.74) is 1.29. The van der Waals surface area contributed by atoms with Crippen LogP contribution in [0.5, 0.6) is 5.75 Å². The average molecular weight is 568 g/mol. The molecule has 4 rings (SSSR count). The number of hydrogen-bond acceptors (Lipinski definition) is 8. The number of carbonyl (C=O) groups is 2. The Morgan fingerprint density at radius 2 is 1.69 bits per heavy atom. The van der Waals surface area contributed by atoms with Gasteiger partial charge in [0.05, 0.1) is 31.6 Å². The Hall–Kier alpha value is -3.66. The molecule has 0 aliphatic carbocycles. The maximum Gasteiger partial charge on any atom is 0.490 e. The highest BCUT2D eigenvalue weighted by Gasteiger charge is 2.45. The molecule has 3 heterocycles. The first-order valence-electron chi connectivity index (χ1n) is 11.3. The molecule has 1 spiro atoms. The van der Waals surface area contributed by atoms with E-state index in [1.165, 1.54) is 5.56 Å². The monoisotopic (exact) mass is 568 g/mol. The Kier molecular flexibility index (Phi) is 10.9. The number of benzene rings is 1. The van der Waals surface area contributed by atoms with Crippen molar-refractivity contribution in [2.75, 3.05) is 32.1 Å². The SMILES string of the molecule is COc1ccc(CN2CCC3(CC(Nc4cnccn4)CO3)C2)cc1.O=C(O)C(F)(F)F.O=C(O)C(F)(F)F. The maximum atomic E-state index is 10.6. The molecule has 216 valence electrons. The quantitative estimate of drug-likeness (QED) is 0.460. The first-order valence-corrected chi connectivity index (χ1v) is 11.3. The molecule has 2 unspecified atom stereocenters. The van der Waals surface area contributed by atoms with Crippen molar-refractivity contribution in [3.63, 3.8) is 0 Å². The average Bonchev–Trinajstić information content (AvgIpc) is 3.45. The topological polar surface area (TPSA) is 134 Å². The number of carboxylic acids is 2. The second kappa shape index (κ2) is 13.4. The van der Waals surface area contributed by atoms with Gasteiger partial charge in [-0.25, -0.2) is 14.6 Å². The fourth-order valence-electron chi connectivity index (χ4n) is 3.86. The molecular weight excluding hydrogens is 542 g/mol. The van der Waals surface area contributed by atoms with Crippen LogP contribution in [0.3, 0.4) is 0 Å². The van der Waals surface area contributed by atoms with E-state index in [1.807, 2.05) is 12.1 Å². The molecule has 39 heavy (non-hydrogen) atoms. The number of carboxylic acid groups (broad SMARTS) is 2. The lowest BCUT2D eigenvalue weighted by atomic mass is 9.97. The van der Waals surface area contributed by atoms with E-state index in [0.717, 1.165) is 50.7 Å². The summed E-state index contributed by atoms with van der Waals surface area (Å²) in [5, 5.41) is 17.7. The summed E-state index contributed by atoms with van der Waals surface area (Å²) in [7, 11) is 1.70. The van der Waals surface area contributed by atoms with Gasteiger partial charge < -0.3 is 25.0 Å². The van der Waals surface area contributed by atoms with Gasteiger partial charge in [0.15, 0.2) is 0 Å². The predicted octanol–water partition coefficient (Wildman–Crippen LogP) is 3.60. The van der Waals surface area contributed by atoms with Crippen LogP contribution in [0.1, 0.15) is 18.4 Å². The molecular formula is C23H26F6N4O6. The van der Waals surface area contributed by atoms with Gasteiger partial charge in [-0.3, -0.25) is 9.88 Å². The van der Waals surface area contributed by atoms with E-state index in [1.54, 1.807) is 25.7 Å². The molecule has 1 aromatic carbocycles. The van der Waals surface area contributed by atoms with Crippen molar-refractivity contribution in [1.29, 1.82) is 0 Å². The predicted molar refractivity (Wildman–Crippen MR) is 123 cm³/mol. The highest BCUT2D eigenvalue weighted by Crippen LogP contribution is 2.36. The lowest BCUT2D eigenvalue weighted by molar-refractivity contribution is -0.193. The number of rotatable bonds is 5. The van der Waals surface area contributed by atoms with E-state index in [4.69, 9.17) is 29.3 Å². The summed E-state index contributed by atoms with van der Waals surface area (Å²) in [5.74, 6) is -3.79. The van der Waals surface area contributed by atoms with Crippen molar-refractivity contribution in [2.24, 2.45) is 0 Å². The van der Waals surface area contributed by atoms with Crippen LogP contribution in [-0.4, -0.2) is 87.8 Å². The molecule has 0 bridgehead atoms. The molecule has 2 atom stereocenters. The van der Waals surface area contributed by atoms with Gasteiger partial charge in [0.1, 0.15) is 11.6 Å². The minimum absolute atomic E-state index is 0.0215. The Bertz CT molecular complexity index is 1050. The summed E-state index contributed by atoms with van der Waals surface area (Å²) in [6, 6.07) is 8.62. The van der Waals surface area contributed by atoms with Crippen LogP contribution in [0.15, 0.2) is 42.9 Å². The molecule has 1 aromatic heterocycles. The second-order valence-electron chi connectivity index (χ2n) is 8.54. The summed E-state index contributed by atoms with van der Waals surface area (Å²) in [6.45, 7) is 3.74. The van der Waals surface area contributed by atoms with Crippen molar-refractivity contribution in [3.8, 4) is 5.75 Å². The zero-order chi connectivity index (χ0) is 29.3. The zero-order valence-corrected chi connectivity index (χ0v) is 20.5. The minimum Gasteiger partial charge on any atom is -0.497 e. The van der Waals surface area contributed by atoms with E-state index >= 15 is 0 Å². The molecule has 0 saturated carbocycles. The standard InChI is InChI=1S/C19H24N4O2.2C2HF3O2/c1-24-17-4-2-15(3-5-17)12-23-9-6-19(14-23)10-16(13-25-19)22-18-11-20-7-8-21-18;2*3-2(4,5)1(6)7/h2-5,7-8,11,16H,6,9-10,12-14H2,1H3,(H,21,22);2*(H,6,7). The van der Waals surface area contributed by atoms with Crippen LogP contribution >= 0.6 is 0 Å². The Balaban J connectivity index is 0.000000317. The summed E-state index contributed by atoms with van der Waals surface area (Å²) in [4.78, 5) is 28.7. The van der Waals surface area contributed by atoms with Crippen LogP contribution in [0, 0.1) is 0 Å². The van der Waals surface area contributed by atoms with Gasteiger partial charge in [-0.2, -0.15) is 26.3 Å². The second-order valence-corrected chi connectivity index (χ2v) is 8.54. The molecule has 2 aromatic rings. The van der Waals surface area contributed by atoms with E-state index in [9.17, 15) is 26.3 Å². The smallest absolute Gasteiger partial charge is 0.490 e. The van der Waals surface area contributed by atoms with E-state index in [0.29, 0.717) is 6.04 Å². The number of alkyl halides is 6. The van der Waals surface area contributed by atoms with E-state index in [2.05, 4.69) is 32.3 Å². The van der Waals surface area contributed by atoms with E-state index in [-0.39, 0.29) is 5.60 Å². The molecule has 2 fully saturated rings. The Morgan fingerprint density at radius 1 is 1.10 bits per heavy atom. The first kappa shape index (κ1) is 31.6. The van der Waals surface area contributed by atoms with Gasteiger partial charge in [0.25, 0.3) is 0 Å². The summed E-state index contributed by atoms with van der Waals surface area (Å²) < 4.78 is 74.9. The lowest BCUT2D eigenvalue weighted by Gasteiger charge is -2.23. The van der Waals surface area contributed by atoms with Gasteiger partial charge in [-0.1, -0.05) is 12.1 Å². The normalized spacial score (nSPS) is 20.8. The van der Waals surface area contributed by atoms with Crippen molar-refractivity contribution in [1.82, 2.24) is 14.9 Å². The van der Waals surface area contributed by atoms with Gasteiger partial charge in [-0.05, 0) is 24.1 Å². The van der Waals surface area contributed by atoms with Gasteiger partial charge >= 0.3 is 24.3 Å². The molecule has 2 aliphatic rings. The number of hydrogen-bond donors (Lipinski definition) is 3. The first-order chi connectivity index (χ1) is 18.1. The number of nitrogens with zero attached hydrogens (tertiary/aromatic N) is 3. The zero-order valence-electron chi connectivity index (χ0n) is 20.5. The largest absolute Gasteiger partial charge is 0.497 e. The number of methoxy groups -OCH3 is 1. The molecule has 16 heteroatoms.